The van der Waals surface area contributed by atoms with Crippen LogP contribution in [0.2, 0.25) is 10.0 Å². The molecule has 3 rings (SSSR count). The molecule has 26 heavy (non-hydrogen) atoms. The van der Waals surface area contributed by atoms with Gasteiger partial charge in [-0.3, -0.25) is 9.59 Å². The fourth-order valence-electron chi connectivity index (χ4n) is 2.90. The first-order valence-electron chi connectivity index (χ1n) is 8.10. The van der Waals surface area contributed by atoms with E-state index in [0.29, 0.717) is 33.7 Å². The molecule has 2 aromatic carbocycles. The zero-order chi connectivity index (χ0) is 18.8. The Balaban J connectivity index is 1.75. The van der Waals surface area contributed by atoms with Gasteiger partial charge in [-0.15, -0.1) is 0 Å². The Labute approximate surface area is 161 Å². The Hall–Kier alpha value is -2.24. The van der Waals surface area contributed by atoms with E-state index in [1.165, 1.54) is 7.11 Å². The van der Waals surface area contributed by atoms with Crippen LogP contribution in [0.1, 0.15) is 12.0 Å². The molecule has 1 heterocycles. The molecular weight excluding hydrogens is 375 g/mol. The van der Waals surface area contributed by atoms with Gasteiger partial charge in [0.25, 0.3) is 0 Å². The van der Waals surface area contributed by atoms with Crippen molar-refractivity contribution in [3.05, 3.63) is 52.0 Å². The quantitative estimate of drug-likeness (QED) is 0.843. The minimum Gasteiger partial charge on any atom is -0.495 e. The fourth-order valence-corrected chi connectivity index (χ4v) is 3.24. The minimum absolute atomic E-state index is 0.108. The molecule has 0 bridgehead atoms. The van der Waals surface area contributed by atoms with Crippen molar-refractivity contribution in [1.29, 1.82) is 0 Å². The lowest BCUT2D eigenvalue weighted by Crippen LogP contribution is -2.28. The van der Waals surface area contributed by atoms with Gasteiger partial charge >= 0.3 is 0 Å². The number of nitrogens with zero attached hydrogens (tertiary/aromatic N) is 1. The van der Waals surface area contributed by atoms with Crippen molar-refractivity contribution in [3.63, 3.8) is 0 Å². The summed E-state index contributed by atoms with van der Waals surface area (Å²) in [6, 6.07) is 10.4. The number of carbonyl (C=O) groups excluding carboxylic acids is 2. The summed E-state index contributed by atoms with van der Waals surface area (Å²) >= 11 is 12.1. The Morgan fingerprint density at radius 2 is 2.00 bits per heavy atom. The van der Waals surface area contributed by atoms with Gasteiger partial charge in [0, 0.05) is 28.7 Å². The zero-order valence-electron chi connectivity index (χ0n) is 14.4. The number of methoxy groups -OCH3 is 1. The van der Waals surface area contributed by atoms with Gasteiger partial charge in [-0.05, 0) is 42.8 Å². The number of hydrogen-bond acceptors (Lipinski definition) is 3. The second-order valence-corrected chi connectivity index (χ2v) is 7.02. The molecule has 1 N–H and O–H groups in total. The summed E-state index contributed by atoms with van der Waals surface area (Å²) in [6.45, 7) is 2.19. The molecule has 7 heteroatoms. The molecule has 5 nitrogen and oxygen atoms in total. The van der Waals surface area contributed by atoms with Crippen molar-refractivity contribution in [2.45, 2.75) is 13.3 Å². The van der Waals surface area contributed by atoms with Crippen LogP contribution in [0.5, 0.6) is 5.75 Å². The molecule has 1 atom stereocenters. The standard InChI is InChI=1S/C19H18Cl2N2O3/c1-11-3-5-14(9-15(11)21)23-10-12(7-18(23)24)19(25)22-16-8-13(20)4-6-17(16)26-2/h3-6,8-9,12H,7,10H2,1-2H3,(H,22,25)/t12-/m0/s1. The van der Waals surface area contributed by atoms with Crippen molar-refractivity contribution in [3.8, 4) is 5.75 Å². The van der Waals surface area contributed by atoms with Crippen LogP contribution in [0.15, 0.2) is 36.4 Å². The molecule has 0 spiro atoms. The highest BCUT2D eigenvalue weighted by Gasteiger charge is 2.35. The van der Waals surface area contributed by atoms with Crippen LogP contribution in [0, 0.1) is 12.8 Å². The Morgan fingerprint density at radius 1 is 1.23 bits per heavy atom. The van der Waals surface area contributed by atoms with Crippen LogP contribution >= 0.6 is 23.2 Å². The molecule has 1 aliphatic rings. The van der Waals surface area contributed by atoms with E-state index in [9.17, 15) is 9.59 Å². The number of carbonyl (C=O) groups is 2. The smallest absolute Gasteiger partial charge is 0.229 e. The van der Waals surface area contributed by atoms with Crippen LogP contribution in [0.25, 0.3) is 0 Å². The summed E-state index contributed by atoms with van der Waals surface area (Å²) in [6.07, 6.45) is 0.139. The molecule has 1 saturated heterocycles. The Bertz CT molecular complexity index is 870. The second kappa shape index (κ2) is 7.56. The van der Waals surface area contributed by atoms with Crippen molar-refractivity contribution in [2.24, 2.45) is 5.92 Å². The van der Waals surface area contributed by atoms with Gasteiger partial charge in [-0.1, -0.05) is 29.3 Å². The number of amides is 2. The molecule has 2 amide bonds. The summed E-state index contributed by atoms with van der Waals surface area (Å²) in [5, 5.41) is 3.88. The molecule has 1 fully saturated rings. The maximum absolute atomic E-state index is 12.6. The van der Waals surface area contributed by atoms with E-state index in [1.807, 2.05) is 19.1 Å². The average Bonchev–Trinajstić information content (AvgIpc) is 2.99. The third-order valence-electron chi connectivity index (χ3n) is 4.38. The van der Waals surface area contributed by atoms with E-state index < -0.39 is 5.92 Å². The topological polar surface area (TPSA) is 58.6 Å². The molecule has 0 aromatic heterocycles. The van der Waals surface area contributed by atoms with Gasteiger partial charge < -0.3 is 15.0 Å². The van der Waals surface area contributed by atoms with Crippen LogP contribution in [-0.2, 0) is 9.59 Å². The number of hydrogen-bond donors (Lipinski definition) is 1. The summed E-state index contributed by atoms with van der Waals surface area (Å²) in [5.74, 6) is -0.316. The third kappa shape index (κ3) is 3.79. The van der Waals surface area contributed by atoms with Crippen molar-refractivity contribution in [1.82, 2.24) is 0 Å². The highest BCUT2D eigenvalue weighted by Crippen LogP contribution is 2.31. The van der Waals surface area contributed by atoms with E-state index in [1.54, 1.807) is 29.2 Å². The molecule has 0 radical (unpaired) electrons. The van der Waals surface area contributed by atoms with E-state index in [2.05, 4.69) is 5.32 Å². The molecule has 1 aliphatic heterocycles. The number of halogens is 2. The summed E-state index contributed by atoms with van der Waals surface area (Å²) in [7, 11) is 1.51. The zero-order valence-corrected chi connectivity index (χ0v) is 15.9. The van der Waals surface area contributed by atoms with Gasteiger partial charge in [0.15, 0.2) is 0 Å². The van der Waals surface area contributed by atoms with Gasteiger partial charge in [0.1, 0.15) is 5.75 Å². The van der Waals surface area contributed by atoms with Gasteiger partial charge in [0.05, 0.1) is 18.7 Å². The average molecular weight is 393 g/mol. The summed E-state index contributed by atoms with van der Waals surface area (Å²) < 4.78 is 5.23. The predicted molar refractivity (Wildman–Crippen MR) is 103 cm³/mol. The van der Waals surface area contributed by atoms with Gasteiger partial charge in [0.2, 0.25) is 11.8 Å². The molecule has 0 aliphatic carbocycles. The molecular formula is C19H18Cl2N2O3. The first-order valence-corrected chi connectivity index (χ1v) is 8.85. The van der Waals surface area contributed by atoms with Crippen LogP contribution in [-0.4, -0.2) is 25.5 Å². The van der Waals surface area contributed by atoms with Crippen LogP contribution < -0.4 is 15.0 Å². The van der Waals surface area contributed by atoms with E-state index in [-0.39, 0.29) is 18.2 Å². The van der Waals surface area contributed by atoms with E-state index in [4.69, 9.17) is 27.9 Å². The number of nitrogens with one attached hydrogen (secondary N) is 1. The first-order chi connectivity index (χ1) is 12.4. The Kier molecular flexibility index (Phi) is 5.39. The molecule has 0 unspecified atom stereocenters. The Morgan fingerprint density at radius 3 is 2.69 bits per heavy atom. The highest BCUT2D eigenvalue weighted by atomic mass is 35.5. The monoisotopic (exact) mass is 392 g/mol. The first kappa shape index (κ1) is 18.5. The summed E-state index contributed by atoms with van der Waals surface area (Å²) in [5.41, 5.74) is 2.11. The van der Waals surface area contributed by atoms with Crippen LogP contribution in [0.4, 0.5) is 11.4 Å². The van der Waals surface area contributed by atoms with Crippen molar-refractivity contribution < 1.29 is 14.3 Å². The normalized spacial score (nSPS) is 16.7. The number of benzene rings is 2. The number of ether oxygens (including phenoxy) is 1. The maximum Gasteiger partial charge on any atom is 0.229 e. The highest BCUT2D eigenvalue weighted by molar-refractivity contribution is 6.31. The second-order valence-electron chi connectivity index (χ2n) is 6.17. The van der Waals surface area contributed by atoms with Gasteiger partial charge in [-0.25, -0.2) is 0 Å². The van der Waals surface area contributed by atoms with Crippen molar-refractivity contribution in [2.75, 3.05) is 23.9 Å². The number of rotatable bonds is 4. The predicted octanol–water partition coefficient (Wildman–Crippen LogP) is 4.30. The SMILES string of the molecule is COc1ccc(Cl)cc1NC(=O)[C@H]1CC(=O)N(c2ccc(C)c(Cl)c2)C1. The third-order valence-corrected chi connectivity index (χ3v) is 5.02. The molecule has 0 saturated carbocycles. The molecule has 2 aromatic rings. The number of anilines is 2. The van der Waals surface area contributed by atoms with Gasteiger partial charge in [-0.2, -0.15) is 0 Å². The largest absolute Gasteiger partial charge is 0.495 e. The number of aryl methyl sites for hydroxylation is 1. The van der Waals surface area contributed by atoms with Crippen LogP contribution in [0.3, 0.4) is 0 Å². The fraction of sp³-hybridized carbons (Fsp3) is 0.263. The van der Waals surface area contributed by atoms with E-state index >= 15 is 0 Å². The lowest BCUT2D eigenvalue weighted by atomic mass is 10.1. The van der Waals surface area contributed by atoms with Crippen molar-refractivity contribution >= 4 is 46.4 Å². The maximum atomic E-state index is 12.6. The summed E-state index contributed by atoms with van der Waals surface area (Å²) in [4.78, 5) is 26.6. The lowest BCUT2D eigenvalue weighted by Gasteiger charge is -2.18. The molecule has 136 valence electrons. The minimum atomic E-state index is -0.466. The van der Waals surface area contributed by atoms with E-state index in [0.717, 1.165) is 5.56 Å². The lowest BCUT2D eigenvalue weighted by molar-refractivity contribution is -0.122.